The Morgan fingerprint density at radius 3 is 2.75 bits per heavy atom. The molecule has 1 rings (SSSR count). The molecule has 1 aromatic rings. The topological polar surface area (TPSA) is 55.4 Å². The van der Waals surface area contributed by atoms with Gasteiger partial charge in [0.25, 0.3) is 5.91 Å². The molecule has 1 N–H and O–H groups in total. The lowest BCUT2D eigenvalue weighted by Crippen LogP contribution is -2.24. The minimum Gasteiger partial charge on any atom is -0.469 e. The average Bonchev–Trinajstić information content (AvgIpc) is 2.44. The summed E-state index contributed by atoms with van der Waals surface area (Å²) in [6.45, 7) is 0.451. The van der Waals surface area contributed by atoms with Crippen molar-refractivity contribution in [3.8, 4) is 0 Å². The monoisotopic (exact) mass is 301 g/mol. The second-order valence-electron chi connectivity index (χ2n) is 4.24. The van der Waals surface area contributed by atoms with Gasteiger partial charge in [-0.2, -0.15) is 0 Å². The minimum absolute atomic E-state index is 0.126. The summed E-state index contributed by atoms with van der Waals surface area (Å²) in [5.41, 5.74) is 0.126. The lowest BCUT2D eigenvalue weighted by atomic mass is 10.2. The van der Waals surface area contributed by atoms with E-state index in [2.05, 4.69) is 10.1 Å². The van der Waals surface area contributed by atoms with Crippen LogP contribution < -0.4 is 5.32 Å². The summed E-state index contributed by atoms with van der Waals surface area (Å²) in [5.74, 6) is -1.25. The molecular formula is C14H17ClFNO3. The predicted octanol–water partition coefficient (Wildman–Crippen LogP) is 2.94. The normalized spacial score (nSPS) is 10.2. The van der Waals surface area contributed by atoms with Crippen LogP contribution in [-0.2, 0) is 9.53 Å². The molecule has 0 bridgehead atoms. The highest BCUT2D eigenvalue weighted by Crippen LogP contribution is 2.19. The van der Waals surface area contributed by atoms with Crippen LogP contribution in [0, 0.1) is 5.82 Å². The van der Waals surface area contributed by atoms with Gasteiger partial charge < -0.3 is 10.1 Å². The van der Waals surface area contributed by atoms with E-state index >= 15 is 0 Å². The van der Waals surface area contributed by atoms with Crippen LogP contribution >= 0.6 is 11.6 Å². The number of unbranched alkanes of at least 4 members (excludes halogenated alkanes) is 2. The van der Waals surface area contributed by atoms with Gasteiger partial charge in [-0.3, -0.25) is 9.59 Å². The Balaban J connectivity index is 2.27. The van der Waals surface area contributed by atoms with E-state index in [0.717, 1.165) is 12.8 Å². The standard InChI is InChI=1S/C14H17ClFNO3/c1-20-12(18)8-3-2-4-9-17-14(19)10-6-5-7-11(16)13(10)15/h5-7H,2-4,8-9H2,1H3,(H,17,19). The Kier molecular flexibility index (Phi) is 7.01. The van der Waals surface area contributed by atoms with Crippen molar-refractivity contribution >= 4 is 23.5 Å². The van der Waals surface area contributed by atoms with Crippen LogP contribution in [0.3, 0.4) is 0 Å². The molecule has 1 amide bonds. The van der Waals surface area contributed by atoms with Crippen molar-refractivity contribution in [2.75, 3.05) is 13.7 Å². The highest BCUT2D eigenvalue weighted by atomic mass is 35.5. The van der Waals surface area contributed by atoms with Crippen LogP contribution in [0.4, 0.5) is 4.39 Å². The number of ether oxygens (including phenoxy) is 1. The van der Waals surface area contributed by atoms with Gasteiger partial charge >= 0.3 is 5.97 Å². The number of hydrogen-bond donors (Lipinski definition) is 1. The van der Waals surface area contributed by atoms with E-state index in [1.165, 1.54) is 25.3 Å². The maximum Gasteiger partial charge on any atom is 0.305 e. The molecular weight excluding hydrogens is 285 g/mol. The van der Waals surface area contributed by atoms with Gasteiger partial charge in [0.2, 0.25) is 0 Å². The number of nitrogens with one attached hydrogen (secondary N) is 1. The van der Waals surface area contributed by atoms with E-state index in [4.69, 9.17) is 11.6 Å². The van der Waals surface area contributed by atoms with E-state index in [0.29, 0.717) is 19.4 Å². The third-order valence-corrected chi connectivity index (χ3v) is 3.15. The molecule has 0 heterocycles. The van der Waals surface area contributed by atoms with Gasteiger partial charge in [-0.25, -0.2) is 4.39 Å². The van der Waals surface area contributed by atoms with Crippen LogP contribution in [0.2, 0.25) is 5.02 Å². The molecule has 0 spiro atoms. The first-order valence-corrected chi connectivity index (χ1v) is 6.73. The zero-order valence-electron chi connectivity index (χ0n) is 11.2. The lowest BCUT2D eigenvalue weighted by Gasteiger charge is -2.07. The van der Waals surface area contributed by atoms with Crippen LogP contribution in [0.15, 0.2) is 18.2 Å². The van der Waals surface area contributed by atoms with Gasteiger partial charge in [0, 0.05) is 13.0 Å². The van der Waals surface area contributed by atoms with Crippen molar-refractivity contribution in [2.24, 2.45) is 0 Å². The molecule has 0 saturated carbocycles. The number of halogens is 2. The summed E-state index contributed by atoms with van der Waals surface area (Å²) >= 11 is 5.71. The van der Waals surface area contributed by atoms with Gasteiger partial charge in [0.05, 0.1) is 17.7 Å². The summed E-state index contributed by atoms with van der Waals surface area (Å²) in [5, 5.41) is 2.49. The van der Waals surface area contributed by atoms with Crippen molar-refractivity contribution < 1.29 is 18.7 Å². The van der Waals surface area contributed by atoms with Gasteiger partial charge in [0.1, 0.15) is 5.82 Å². The Morgan fingerprint density at radius 2 is 2.05 bits per heavy atom. The quantitative estimate of drug-likeness (QED) is 0.622. The summed E-state index contributed by atoms with van der Waals surface area (Å²) in [6.07, 6.45) is 2.62. The molecule has 0 atom stereocenters. The van der Waals surface area contributed by atoms with Crippen molar-refractivity contribution in [3.05, 3.63) is 34.6 Å². The molecule has 0 saturated heterocycles. The zero-order valence-corrected chi connectivity index (χ0v) is 12.0. The summed E-state index contributed by atoms with van der Waals surface area (Å²) < 4.78 is 17.7. The fraction of sp³-hybridized carbons (Fsp3) is 0.429. The smallest absolute Gasteiger partial charge is 0.305 e. The number of hydrogen-bond acceptors (Lipinski definition) is 3. The Morgan fingerprint density at radius 1 is 1.30 bits per heavy atom. The number of rotatable bonds is 7. The number of amides is 1. The molecule has 0 aliphatic rings. The first-order valence-electron chi connectivity index (χ1n) is 6.35. The van der Waals surface area contributed by atoms with E-state index < -0.39 is 11.7 Å². The summed E-state index contributed by atoms with van der Waals surface area (Å²) in [6, 6.07) is 4.11. The predicted molar refractivity (Wildman–Crippen MR) is 74.2 cm³/mol. The van der Waals surface area contributed by atoms with E-state index in [1.807, 2.05) is 0 Å². The van der Waals surface area contributed by atoms with Crippen molar-refractivity contribution in [1.29, 1.82) is 0 Å². The molecule has 0 aromatic heterocycles. The molecule has 0 radical (unpaired) electrons. The maximum absolute atomic E-state index is 13.2. The number of methoxy groups -OCH3 is 1. The van der Waals surface area contributed by atoms with Gasteiger partial charge in [0.15, 0.2) is 0 Å². The van der Waals surface area contributed by atoms with Crippen LogP contribution in [0.25, 0.3) is 0 Å². The SMILES string of the molecule is COC(=O)CCCCCNC(=O)c1cccc(F)c1Cl. The van der Waals surface area contributed by atoms with Crippen molar-refractivity contribution in [2.45, 2.75) is 25.7 Å². The molecule has 4 nitrogen and oxygen atoms in total. The van der Waals surface area contributed by atoms with E-state index in [9.17, 15) is 14.0 Å². The molecule has 0 aliphatic heterocycles. The third-order valence-electron chi connectivity index (χ3n) is 2.77. The molecule has 0 unspecified atom stereocenters. The molecule has 20 heavy (non-hydrogen) atoms. The fourth-order valence-electron chi connectivity index (χ4n) is 1.65. The van der Waals surface area contributed by atoms with Gasteiger partial charge in [-0.15, -0.1) is 0 Å². The number of benzene rings is 1. The number of esters is 1. The van der Waals surface area contributed by atoms with Crippen LogP contribution in [-0.4, -0.2) is 25.5 Å². The molecule has 6 heteroatoms. The third kappa shape index (κ3) is 5.17. The highest BCUT2D eigenvalue weighted by molar-refractivity contribution is 6.34. The van der Waals surface area contributed by atoms with Crippen molar-refractivity contribution in [3.63, 3.8) is 0 Å². The summed E-state index contributed by atoms with van der Waals surface area (Å²) in [4.78, 5) is 22.6. The van der Waals surface area contributed by atoms with Crippen LogP contribution in [0.5, 0.6) is 0 Å². The van der Waals surface area contributed by atoms with E-state index in [1.54, 1.807) is 0 Å². The molecule has 0 fully saturated rings. The average molecular weight is 302 g/mol. The number of carbonyl (C=O) groups excluding carboxylic acids is 2. The molecule has 1 aromatic carbocycles. The second kappa shape index (κ2) is 8.53. The van der Waals surface area contributed by atoms with Crippen LogP contribution in [0.1, 0.15) is 36.0 Å². The summed E-state index contributed by atoms with van der Waals surface area (Å²) in [7, 11) is 1.35. The first-order chi connectivity index (χ1) is 9.56. The maximum atomic E-state index is 13.2. The zero-order chi connectivity index (χ0) is 15.0. The minimum atomic E-state index is -0.614. The Labute approximate surface area is 122 Å². The lowest BCUT2D eigenvalue weighted by molar-refractivity contribution is -0.140. The largest absolute Gasteiger partial charge is 0.469 e. The highest BCUT2D eigenvalue weighted by Gasteiger charge is 2.12. The van der Waals surface area contributed by atoms with Gasteiger partial charge in [-0.05, 0) is 25.0 Å². The second-order valence-corrected chi connectivity index (χ2v) is 4.62. The first kappa shape index (κ1) is 16.4. The molecule has 110 valence electrons. The Bertz CT molecular complexity index is 479. The Hall–Kier alpha value is -1.62. The number of carbonyl (C=O) groups is 2. The van der Waals surface area contributed by atoms with Gasteiger partial charge in [-0.1, -0.05) is 24.1 Å². The van der Waals surface area contributed by atoms with Crippen molar-refractivity contribution in [1.82, 2.24) is 5.32 Å². The molecule has 0 aliphatic carbocycles. The fourth-order valence-corrected chi connectivity index (χ4v) is 1.86. The van der Waals surface area contributed by atoms with E-state index in [-0.39, 0.29) is 16.6 Å².